The summed E-state index contributed by atoms with van der Waals surface area (Å²) in [5.74, 6) is -0.533. The topological polar surface area (TPSA) is 68.2 Å². The molecule has 1 saturated heterocycles. The minimum absolute atomic E-state index is 0.132. The van der Waals surface area contributed by atoms with Gasteiger partial charge in [-0.3, -0.25) is 9.40 Å². The highest BCUT2D eigenvalue weighted by molar-refractivity contribution is 7.54. The summed E-state index contributed by atoms with van der Waals surface area (Å²) in [4.78, 5) is 5.83. The Morgan fingerprint density at radius 3 is 2.43 bits per heavy atom. The molecule has 0 bridgehead atoms. The second kappa shape index (κ2) is 8.38. The van der Waals surface area contributed by atoms with Crippen LogP contribution in [-0.4, -0.2) is 41.9 Å². The van der Waals surface area contributed by atoms with Gasteiger partial charge in [-0.05, 0) is 26.3 Å². The lowest BCUT2D eigenvalue weighted by atomic mass is 10.1. The van der Waals surface area contributed by atoms with Crippen molar-refractivity contribution in [3.8, 4) is 0 Å². The molecule has 1 aliphatic rings. The van der Waals surface area contributed by atoms with Gasteiger partial charge in [-0.2, -0.15) is 5.06 Å². The van der Waals surface area contributed by atoms with E-state index in [1.165, 1.54) is 0 Å². The summed E-state index contributed by atoms with van der Waals surface area (Å²) < 4.78 is 24.2. The molecule has 130 valence electrons. The van der Waals surface area contributed by atoms with Crippen LogP contribution in [0.25, 0.3) is 0 Å². The van der Waals surface area contributed by atoms with E-state index < -0.39 is 19.5 Å². The second-order valence-corrected chi connectivity index (χ2v) is 7.64. The van der Waals surface area contributed by atoms with Gasteiger partial charge in [-0.15, -0.1) is 0 Å². The number of aliphatic hydroxyl groups is 1. The van der Waals surface area contributed by atoms with Crippen LogP contribution in [0.4, 0.5) is 0 Å². The van der Waals surface area contributed by atoms with Crippen LogP contribution < -0.4 is 0 Å². The average molecular weight is 343 g/mol. The first-order chi connectivity index (χ1) is 11.1. The van der Waals surface area contributed by atoms with Crippen LogP contribution in [0.1, 0.15) is 38.8 Å². The standard InChI is InChI=1S/C16H26NO5P/c1-4-20-23(19,21-5-2)16-11-15(12-18)22-17(16)13(3)14-9-7-6-8-10-14/h6-10,13,15-16,18H,4-5,11-12H2,1-3H3/t13-,15+,16-/m1/s1. The molecular formula is C16H26NO5P. The maximum Gasteiger partial charge on any atom is 0.350 e. The van der Waals surface area contributed by atoms with Crippen molar-refractivity contribution >= 4 is 7.60 Å². The highest BCUT2D eigenvalue weighted by Crippen LogP contribution is 2.59. The summed E-state index contributed by atoms with van der Waals surface area (Å²) in [7, 11) is -3.36. The first kappa shape index (κ1) is 18.6. The van der Waals surface area contributed by atoms with Crippen LogP contribution in [0.5, 0.6) is 0 Å². The molecule has 0 spiro atoms. The summed E-state index contributed by atoms with van der Waals surface area (Å²) >= 11 is 0. The maximum atomic E-state index is 13.2. The van der Waals surface area contributed by atoms with E-state index in [9.17, 15) is 9.67 Å². The van der Waals surface area contributed by atoms with Crippen LogP contribution in [0.2, 0.25) is 0 Å². The van der Waals surface area contributed by atoms with E-state index in [2.05, 4.69) is 0 Å². The number of hydroxylamine groups is 2. The lowest BCUT2D eigenvalue weighted by molar-refractivity contribution is -0.186. The van der Waals surface area contributed by atoms with Gasteiger partial charge in [0.15, 0.2) is 0 Å². The highest BCUT2D eigenvalue weighted by atomic mass is 31.2. The van der Waals surface area contributed by atoms with Crippen molar-refractivity contribution in [3.63, 3.8) is 0 Å². The third-order valence-electron chi connectivity index (χ3n) is 3.89. The highest BCUT2D eigenvalue weighted by Gasteiger charge is 2.49. The molecule has 0 saturated carbocycles. The van der Waals surface area contributed by atoms with Crippen molar-refractivity contribution in [1.29, 1.82) is 0 Å². The molecule has 1 aliphatic heterocycles. The predicted octanol–water partition coefficient (Wildman–Crippen LogP) is 3.34. The quantitative estimate of drug-likeness (QED) is 0.730. The van der Waals surface area contributed by atoms with Crippen LogP contribution in [0.15, 0.2) is 30.3 Å². The molecule has 0 amide bonds. The third-order valence-corrected chi connectivity index (χ3v) is 6.29. The third kappa shape index (κ3) is 4.21. The van der Waals surface area contributed by atoms with E-state index in [0.29, 0.717) is 19.6 Å². The second-order valence-electron chi connectivity index (χ2n) is 5.45. The molecule has 3 atom stereocenters. The first-order valence-corrected chi connectivity index (χ1v) is 9.66. The molecular weight excluding hydrogens is 317 g/mol. The largest absolute Gasteiger partial charge is 0.394 e. The van der Waals surface area contributed by atoms with Gasteiger partial charge in [0, 0.05) is 6.42 Å². The number of aliphatic hydroxyl groups excluding tert-OH is 1. The van der Waals surface area contributed by atoms with Crippen LogP contribution in [-0.2, 0) is 18.5 Å². The fourth-order valence-corrected chi connectivity index (χ4v) is 4.96. The molecule has 0 radical (unpaired) electrons. The Bertz CT molecular complexity index is 516. The van der Waals surface area contributed by atoms with Gasteiger partial charge in [0.2, 0.25) is 0 Å². The fraction of sp³-hybridized carbons (Fsp3) is 0.625. The predicted molar refractivity (Wildman–Crippen MR) is 87.9 cm³/mol. The molecule has 6 nitrogen and oxygen atoms in total. The first-order valence-electron chi connectivity index (χ1n) is 8.05. The zero-order chi connectivity index (χ0) is 16.9. The summed E-state index contributed by atoms with van der Waals surface area (Å²) in [6.45, 7) is 6.01. The number of nitrogens with zero attached hydrogens (tertiary/aromatic N) is 1. The Morgan fingerprint density at radius 1 is 1.30 bits per heavy atom. The summed E-state index contributed by atoms with van der Waals surface area (Å²) in [6, 6.07) is 9.69. The molecule has 0 unspecified atom stereocenters. The van der Waals surface area contributed by atoms with Crippen molar-refractivity contribution in [2.24, 2.45) is 0 Å². The minimum atomic E-state index is -3.36. The van der Waals surface area contributed by atoms with Crippen LogP contribution in [0.3, 0.4) is 0 Å². The Morgan fingerprint density at radius 2 is 1.91 bits per heavy atom. The SMILES string of the molecule is CCOP(=O)(OCC)[C@@H]1C[C@@H](CO)ON1[C@H](C)c1ccccc1. The monoisotopic (exact) mass is 343 g/mol. The van der Waals surface area contributed by atoms with Gasteiger partial charge in [0.1, 0.15) is 11.9 Å². The van der Waals surface area contributed by atoms with Crippen molar-refractivity contribution in [3.05, 3.63) is 35.9 Å². The number of benzene rings is 1. The fourth-order valence-electron chi connectivity index (χ4n) is 2.80. The van der Waals surface area contributed by atoms with Crippen LogP contribution >= 0.6 is 7.60 Å². The van der Waals surface area contributed by atoms with E-state index in [1.54, 1.807) is 18.9 Å². The van der Waals surface area contributed by atoms with Gasteiger partial charge in [0.25, 0.3) is 0 Å². The lowest BCUT2D eigenvalue weighted by Gasteiger charge is -2.32. The zero-order valence-electron chi connectivity index (χ0n) is 13.9. The van der Waals surface area contributed by atoms with Crippen LogP contribution in [0, 0.1) is 0 Å². The molecule has 1 fully saturated rings. The Labute approximate surface area is 137 Å². The number of rotatable bonds is 8. The molecule has 1 aromatic rings. The van der Waals surface area contributed by atoms with Crippen molar-refractivity contribution in [2.45, 2.75) is 45.1 Å². The van der Waals surface area contributed by atoms with E-state index >= 15 is 0 Å². The summed E-state index contributed by atoms with van der Waals surface area (Å²) in [5.41, 5.74) is 1.04. The van der Waals surface area contributed by atoms with Gasteiger partial charge in [0.05, 0.1) is 25.9 Å². The Balaban J connectivity index is 2.29. The summed E-state index contributed by atoms with van der Waals surface area (Å²) in [5, 5.41) is 11.1. The lowest BCUT2D eigenvalue weighted by Crippen LogP contribution is -2.32. The summed E-state index contributed by atoms with van der Waals surface area (Å²) in [6.07, 6.45) is 0.00528. The van der Waals surface area contributed by atoms with E-state index in [0.717, 1.165) is 5.56 Å². The van der Waals surface area contributed by atoms with Crippen molar-refractivity contribution in [2.75, 3.05) is 19.8 Å². The smallest absolute Gasteiger partial charge is 0.350 e. The van der Waals surface area contributed by atoms with E-state index in [4.69, 9.17) is 13.9 Å². The maximum absolute atomic E-state index is 13.2. The van der Waals surface area contributed by atoms with Gasteiger partial charge >= 0.3 is 7.60 Å². The molecule has 1 heterocycles. The average Bonchev–Trinajstić information content (AvgIpc) is 3.00. The van der Waals surface area contributed by atoms with Crippen molar-refractivity contribution in [1.82, 2.24) is 5.06 Å². The van der Waals surface area contributed by atoms with Gasteiger partial charge in [-0.1, -0.05) is 30.3 Å². The van der Waals surface area contributed by atoms with Gasteiger partial charge < -0.3 is 14.2 Å². The molecule has 0 aliphatic carbocycles. The van der Waals surface area contributed by atoms with E-state index in [-0.39, 0.29) is 12.6 Å². The Hall–Kier alpha value is -0.750. The van der Waals surface area contributed by atoms with Crippen molar-refractivity contribution < 1.29 is 23.6 Å². The molecule has 23 heavy (non-hydrogen) atoms. The molecule has 0 aromatic heterocycles. The zero-order valence-corrected chi connectivity index (χ0v) is 14.8. The normalized spacial score (nSPS) is 24.0. The van der Waals surface area contributed by atoms with E-state index in [1.807, 2.05) is 37.3 Å². The van der Waals surface area contributed by atoms with Gasteiger partial charge in [-0.25, -0.2) is 0 Å². The number of hydrogen-bond donors (Lipinski definition) is 1. The Kier molecular flexibility index (Phi) is 6.77. The minimum Gasteiger partial charge on any atom is -0.394 e. The number of hydrogen-bond acceptors (Lipinski definition) is 6. The molecule has 1 N–H and O–H groups in total. The molecule has 7 heteroatoms. The molecule has 1 aromatic carbocycles. The molecule has 2 rings (SSSR count).